The van der Waals surface area contributed by atoms with E-state index < -0.39 is 0 Å². The fourth-order valence-corrected chi connectivity index (χ4v) is 1.33. The third-order valence-electron chi connectivity index (χ3n) is 1.83. The van der Waals surface area contributed by atoms with Gasteiger partial charge < -0.3 is 10.6 Å². The minimum absolute atomic E-state index is 0.0604. The Bertz CT molecular complexity index is 334. The number of pyridine rings is 1. The van der Waals surface area contributed by atoms with Gasteiger partial charge >= 0.3 is 0 Å². The molecule has 1 unspecified atom stereocenters. The smallest absolute Gasteiger partial charge is 0.126 e. The Morgan fingerprint density at radius 3 is 3.08 bits per heavy atom. The topological polar surface area (TPSA) is 37.0 Å². The number of nitrogens with zero attached hydrogens (tertiary/aromatic N) is 1. The zero-order valence-corrected chi connectivity index (χ0v) is 7.71. The maximum Gasteiger partial charge on any atom is 0.126 e. The molecule has 13 heavy (non-hydrogen) atoms. The van der Waals surface area contributed by atoms with Crippen molar-refractivity contribution in [3.63, 3.8) is 0 Å². The number of rotatable bonds is 2. The van der Waals surface area contributed by atoms with Crippen LogP contribution in [0.4, 0.5) is 0 Å². The minimum Gasteiger partial charge on any atom is -0.366 e. The van der Waals surface area contributed by atoms with Gasteiger partial charge in [-0.15, -0.1) is 0 Å². The Balaban J connectivity index is 2.17. The highest BCUT2D eigenvalue weighted by molar-refractivity contribution is 7.79. The van der Waals surface area contributed by atoms with Crippen LogP contribution in [-0.2, 0) is 0 Å². The van der Waals surface area contributed by atoms with E-state index in [1.165, 1.54) is 0 Å². The fourth-order valence-electron chi connectivity index (χ4n) is 1.19. The molecule has 2 heterocycles. The lowest BCUT2D eigenvalue weighted by Gasteiger charge is -2.07. The van der Waals surface area contributed by atoms with Crippen molar-refractivity contribution in [1.29, 1.82) is 0 Å². The molecule has 1 aliphatic rings. The maximum absolute atomic E-state index is 4.82. The van der Waals surface area contributed by atoms with Crippen molar-refractivity contribution in [2.24, 2.45) is 0 Å². The lowest BCUT2D eigenvalue weighted by molar-refractivity contribution is 0.750. The molecule has 1 aromatic heterocycles. The van der Waals surface area contributed by atoms with Gasteiger partial charge in [-0.05, 0) is 12.1 Å². The third-order valence-corrected chi connectivity index (χ3v) is 2.10. The van der Waals surface area contributed by atoms with E-state index in [9.17, 15) is 0 Å². The van der Waals surface area contributed by atoms with E-state index in [1.54, 1.807) is 11.6 Å². The average Bonchev–Trinajstić information content (AvgIpc) is 2.67. The molecule has 66 valence electrons. The van der Waals surface area contributed by atoms with E-state index in [0.29, 0.717) is 0 Å². The predicted octanol–water partition coefficient (Wildman–Crippen LogP) is 0.899. The van der Waals surface area contributed by atoms with Crippen LogP contribution >= 0.6 is 12.2 Å². The first-order chi connectivity index (χ1) is 6.40. The van der Waals surface area contributed by atoms with Gasteiger partial charge in [0, 0.05) is 29.5 Å². The molecule has 2 rings (SSSR count). The maximum atomic E-state index is 4.82. The summed E-state index contributed by atoms with van der Waals surface area (Å²) in [6.07, 6.45) is 5.53. The standard InChI is InChI=1S/C9H9N3S/c13-6-9-11-5-8(12-9)7-2-1-3-10-4-7/h1-6,9,11-12H. The first-order valence-corrected chi connectivity index (χ1v) is 4.46. The van der Waals surface area contributed by atoms with Gasteiger partial charge in [0.05, 0.1) is 5.70 Å². The quantitative estimate of drug-likeness (QED) is 0.681. The third kappa shape index (κ3) is 1.67. The molecule has 0 aliphatic carbocycles. The molecule has 1 atom stereocenters. The molecule has 0 bridgehead atoms. The van der Waals surface area contributed by atoms with Crippen molar-refractivity contribution in [3.05, 3.63) is 36.3 Å². The van der Waals surface area contributed by atoms with E-state index in [2.05, 4.69) is 15.6 Å². The molecule has 0 amide bonds. The summed E-state index contributed by atoms with van der Waals surface area (Å²) in [4.78, 5) is 4.04. The highest BCUT2D eigenvalue weighted by atomic mass is 32.1. The minimum atomic E-state index is 0.0604. The Labute approximate surface area is 81.9 Å². The number of thiocarbonyl (C=S) groups is 1. The summed E-state index contributed by atoms with van der Waals surface area (Å²) < 4.78 is 0. The number of hydrogen-bond acceptors (Lipinski definition) is 4. The molecule has 0 fully saturated rings. The Morgan fingerprint density at radius 1 is 1.54 bits per heavy atom. The van der Waals surface area contributed by atoms with Gasteiger partial charge in [-0.25, -0.2) is 0 Å². The first kappa shape index (κ1) is 8.19. The van der Waals surface area contributed by atoms with E-state index in [1.807, 2.05) is 24.5 Å². The Kier molecular flexibility index (Phi) is 2.23. The summed E-state index contributed by atoms with van der Waals surface area (Å²) in [6, 6.07) is 3.90. The first-order valence-electron chi connectivity index (χ1n) is 3.98. The molecular weight excluding hydrogens is 182 g/mol. The van der Waals surface area contributed by atoms with Crippen LogP contribution < -0.4 is 10.6 Å². The van der Waals surface area contributed by atoms with Crippen LogP contribution in [0.2, 0.25) is 0 Å². The van der Waals surface area contributed by atoms with Crippen LogP contribution in [0.25, 0.3) is 5.70 Å². The zero-order chi connectivity index (χ0) is 9.10. The molecular formula is C9H9N3S. The monoisotopic (exact) mass is 191 g/mol. The second-order valence-electron chi connectivity index (χ2n) is 2.72. The van der Waals surface area contributed by atoms with Gasteiger partial charge in [-0.1, -0.05) is 12.2 Å². The van der Waals surface area contributed by atoms with Crippen molar-refractivity contribution >= 4 is 23.3 Å². The highest BCUT2D eigenvalue weighted by Gasteiger charge is 2.12. The van der Waals surface area contributed by atoms with Gasteiger partial charge in [0.15, 0.2) is 0 Å². The predicted molar refractivity (Wildman–Crippen MR) is 55.9 cm³/mol. The van der Waals surface area contributed by atoms with Crippen molar-refractivity contribution in [2.45, 2.75) is 6.17 Å². The van der Waals surface area contributed by atoms with Crippen LogP contribution in [0.5, 0.6) is 0 Å². The summed E-state index contributed by atoms with van der Waals surface area (Å²) in [5.74, 6) is 0. The van der Waals surface area contributed by atoms with Gasteiger partial charge in [0.2, 0.25) is 0 Å². The average molecular weight is 191 g/mol. The van der Waals surface area contributed by atoms with Crippen molar-refractivity contribution in [2.75, 3.05) is 0 Å². The van der Waals surface area contributed by atoms with Crippen LogP contribution in [0.3, 0.4) is 0 Å². The van der Waals surface area contributed by atoms with Crippen LogP contribution in [0.15, 0.2) is 30.7 Å². The summed E-state index contributed by atoms with van der Waals surface area (Å²) >= 11 is 4.82. The van der Waals surface area contributed by atoms with E-state index >= 15 is 0 Å². The summed E-state index contributed by atoms with van der Waals surface area (Å²) in [6.45, 7) is 0. The van der Waals surface area contributed by atoms with Gasteiger partial charge in [0.25, 0.3) is 0 Å². The molecule has 0 spiro atoms. The van der Waals surface area contributed by atoms with Crippen LogP contribution in [-0.4, -0.2) is 16.5 Å². The molecule has 0 aromatic carbocycles. The molecule has 0 saturated carbocycles. The zero-order valence-electron chi connectivity index (χ0n) is 6.90. The Morgan fingerprint density at radius 2 is 2.46 bits per heavy atom. The SMILES string of the molecule is S=CC1NC=C(c2cccnc2)N1. The lowest BCUT2D eigenvalue weighted by Crippen LogP contribution is -2.32. The molecule has 1 aromatic rings. The molecule has 1 aliphatic heterocycles. The summed E-state index contributed by atoms with van der Waals surface area (Å²) in [5.41, 5.74) is 2.09. The van der Waals surface area contributed by atoms with Crippen LogP contribution in [0.1, 0.15) is 5.56 Å². The van der Waals surface area contributed by atoms with Crippen LogP contribution in [0, 0.1) is 0 Å². The number of hydrogen-bond donors (Lipinski definition) is 2. The van der Waals surface area contributed by atoms with Gasteiger partial charge in [-0.3, -0.25) is 4.98 Å². The second-order valence-corrected chi connectivity index (χ2v) is 3.00. The highest BCUT2D eigenvalue weighted by Crippen LogP contribution is 2.12. The number of aromatic nitrogens is 1. The van der Waals surface area contributed by atoms with E-state index in [4.69, 9.17) is 12.2 Å². The molecule has 0 saturated heterocycles. The second kappa shape index (κ2) is 3.53. The molecule has 2 N–H and O–H groups in total. The van der Waals surface area contributed by atoms with Gasteiger partial charge in [0.1, 0.15) is 6.17 Å². The number of nitrogens with one attached hydrogen (secondary N) is 2. The normalized spacial score (nSPS) is 20.0. The van der Waals surface area contributed by atoms with E-state index in [-0.39, 0.29) is 6.17 Å². The Hall–Kier alpha value is -1.42. The summed E-state index contributed by atoms with van der Waals surface area (Å²) in [7, 11) is 0. The molecule has 3 nitrogen and oxygen atoms in total. The van der Waals surface area contributed by atoms with Crippen molar-refractivity contribution in [1.82, 2.24) is 15.6 Å². The lowest BCUT2D eigenvalue weighted by atomic mass is 10.2. The van der Waals surface area contributed by atoms with E-state index in [0.717, 1.165) is 11.3 Å². The van der Waals surface area contributed by atoms with Gasteiger partial charge in [-0.2, -0.15) is 0 Å². The largest absolute Gasteiger partial charge is 0.366 e. The molecule has 0 radical (unpaired) electrons. The van der Waals surface area contributed by atoms with Crippen molar-refractivity contribution < 1.29 is 0 Å². The van der Waals surface area contributed by atoms with Crippen molar-refractivity contribution in [3.8, 4) is 0 Å². The summed E-state index contributed by atoms with van der Waals surface area (Å²) in [5, 5.41) is 7.95. The molecule has 4 heteroatoms. The fraction of sp³-hybridized carbons (Fsp3) is 0.111.